The van der Waals surface area contributed by atoms with Crippen LogP contribution in [-0.4, -0.2) is 28.6 Å². The van der Waals surface area contributed by atoms with Gasteiger partial charge in [-0.1, -0.05) is 30.3 Å². The molecule has 1 aromatic heterocycles. The number of nitrogens with two attached hydrogens (primary N) is 1. The molecule has 0 aliphatic carbocycles. The number of fused-ring (bicyclic) bond motifs is 1. The number of nitrogens with zero attached hydrogens (tertiary/aromatic N) is 2. The van der Waals surface area contributed by atoms with Crippen molar-refractivity contribution in [2.45, 2.75) is 45.8 Å². The summed E-state index contributed by atoms with van der Waals surface area (Å²) in [4.78, 5) is 6.89. The van der Waals surface area contributed by atoms with Crippen LogP contribution < -0.4 is 5.73 Å². The van der Waals surface area contributed by atoms with Crippen molar-refractivity contribution in [2.24, 2.45) is 0 Å². The van der Waals surface area contributed by atoms with Gasteiger partial charge in [0.15, 0.2) is 0 Å². The number of aromatic nitrogens is 1. The maximum atomic E-state index is 14.7. The number of hydrogen-bond donors (Lipinski definition) is 1. The van der Waals surface area contributed by atoms with Crippen LogP contribution in [0.15, 0.2) is 54.7 Å². The van der Waals surface area contributed by atoms with E-state index in [0.29, 0.717) is 6.54 Å². The average Bonchev–Trinajstić information content (AvgIpc) is 2.68. The maximum Gasteiger partial charge on any atom is 0.118 e. The number of nitrogen functional groups attached to an aromatic ring is 1. The van der Waals surface area contributed by atoms with E-state index >= 15 is 0 Å². The van der Waals surface area contributed by atoms with Gasteiger partial charge in [-0.15, -0.1) is 0 Å². The van der Waals surface area contributed by atoms with Gasteiger partial charge in [0, 0.05) is 30.5 Å². The zero-order valence-corrected chi connectivity index (χ0v) is 18.2. The molecular formula is C26H30FN3. The molecule has 2 aromatic carbocycles. The fraction of sp³-hybridized carbons (Fsp3) is 0.346. The van der Waals surface area contributed by atoms with E-state index in [9.17, 15) is 4.39 Å². The van der Waals surface area contributed by atoms with E-state index in [2.05, 4.69) is 53.2 Å². The first-order chi connectivity index (χ1) is 14.2. The summed E-state index contributed by atoms with van der Waals surface area (Å²) >= 11 is 0. The summed E-state index contributed by atoms with van der Waals surface area (Å²) in [5, 5.41) is 0. The predicted molar refractivity (Wildman–Crippen MR) is 122 cm³/mol. The molecule has 0 bridgehead atoms. The molecule has 0 saturated heterocycles. The number of alkyl halides is 1. The highest BCUT2D eigenvalue weighted by Crippen LogP contribution is 2.39. The van der Waals surface area contributed by atoms with Crippen molar-refractivity contribution < 1.29 is 4.39 Å². The van der Waals surface area contributed by atoms with Gasteiger partial charge in [0.25, 0.3) is 0 Å². The standard InChI is InChI=1S/C26H30FN3/c1-17-8-11-24(29-15-17)22-14-19(10-9-18(22)2)25-21-6-5-7-23(28)20(21)12-13-30(25)16-26(3,4)27/h5-11,14-15,25H,12-13,16,28H2,1-4H3. The second kappa shape index (κ2) is 7.84. The molecular weight excluding hydrogens is 373 g/mol. The Morgan fingerprint density at radius 1 is 1.13 bits per heavy atom. The van der Waals surface area contributed by atoms with Crippen LogP contribution in [-0.2, 0) is 6.42 Å². The molecule has 0 radical (unpaired) electrons. The Morgan fingerprint density at radius 2 is 1.93 bits per heavy atom. The zero-order valence-electron chi connectivity index (χ0n) is 18.2. The minimum absolute atomic E-state index is 0.0305. The third-order valence-electron chi connectivity index (χ3n) is 5.90. The summed E-state index contributed by atoms with van der Waals surface area (Å²) in [5.74, 6) is 0. The Labute approximate surface area is 178 Å². The Balaban J connectivity index is 1.84. The molecule has 2 heterocycles. The fourth-order valence-corrected chi connectivity index (χ4v) is 4.51. The number of hydrogen-bond acceptors (Lipinski definition) is 3. The third kappa shape index (κ3) is 4.10. The van der Waals surface area contributed by atoms with Crippen LogP contribution in [0.4, 0.5) is 10.1 Å². The van der Waals surface area contributed by atoms with E-state index in [1.54, 1.807) is 13.8 Å². The number of benzene rings is 2. The smallest absolute Gasteiger partial charge is 0.118 e. The molecule has 0 fully saturated rings. The zero-order chi connectivity index (χ0) is 21.5. The van der Waals surface area contributed by atoms with Gasteiger partial charge < -0.3 is 5.73 Å². The Kier molecular flexibility index (Phi) is 5.37. The molecule has 4 rings (SSSR count). The summed E-state index contributed by atoms with van der Waals surface area (Å²) in [6, 6.07) is 16.7. The lowest BCUT2D eigenvalue weighted by Crippen LogP contribution is -2.43. The van der Waals surface area contributed by atoms with E-state index < -0.39 is 5.67 Å². The second-order valence-electron chi connectivity index (χ2n) is 9.05. The molecule has 30 heavy (non-hydrogen) atoms. The normalized spacial score (nSPS) is 17.0. The van der Waals surface area contributed by atoms with Crippen LogP contribution in [0.25, 0.3) is 11.3 Å². The van der Waals surface area contributed by atoms with E-state index in [4.69, 9.17) is 5.73 Å². The Bertz CT molecular complexity index is 1050. The fourth-order valence-electron chi connectivity index (χ4n) is 4.51. The highest BCUT2D eigenvalue weighted by atomic mass is 19.1. The molecule has 0 spiro atoms. The lowest BCUT2D eigenvalue weighted by molar-refractivity contribution is 0.0999. The van der Waals surface area contributed by atoms with Crippen molar-refractivity contribution in [3.8, 4) is 11.3 Å². The monoisotopic (exact) mass is 403 g/mol. The van der Waals surface area contributed by atoms with Crippen molar-refractivity contribution in [2.75, 3.05) is 18.8 Å². The van der Waals surface area contributed by atoms with Gasteiger partial charge in [0.05, 0.1) is 11.7 Å². The van der Waals surface area contributed by atoms with E-state index in [-0.39, 0.29) is 6.04 Å². The first-order valence-electron chi connectivity index (χ1n) is 10.6. The molecule has 1 unspecified atom stereocenters. The molecule has 1 aliphatic heterocycles. The highest BCUT2D eigenvalue weighted by molar-refractivity contribution is 5.65. The van der Waals surface area contributed by atoms with E-state index in [1.807, 2.05) is 25.3 Å². The minimum atomic E-state index is -1.28. The first kappa shape index (κ1) is 20.5. The van der Waals surface area contributed by atoms with Crippen LogP contribution >= 0.6 is 0 Å². The van der Waals surface area contributed by atoms with Crippen molar-refractivity contribution in [3.05, 3.63) is 82.5 Å². The number of anilines is 1. The largest absolute Gasteiger partial charge is 0.398 e. The summed E-state index contributed by atoms with van der Waals surface area (Å²) in [5.41, 5.74) is 13.8. The van der Waals surface area contributed by atoms with Crippen LogP contribution in [0, 0.1) is 13.8 Å². The van der Waals surface area contributed by atoms with Crippen LogP contribution in [0.3, 0.4) is 0 Å². The van der Waals surface area contributed by atoms with Crippen molar-refractivity contribution in [3.63, 3.8) is 0 Å². The van der Waals surface area contributed by atoms with Gasteiger partial charge in [-0.2, -0.15) is 0 Å². The van der Waals surface area contributed by atoms with Gasteiger partial charge >= 0.3 is 0 Å². The topological polar surface area (TPSA) is 42.1 Å². The summed E-state index contributed by atoms with van der Waals surface area (Å²) in [6.07, 6.45) is 2.74. The van der Waals surface area contributed by atoms with Crippen LogP contribution in [0.1, 0.15) is 47.7 Å². The SMILES string of the molecule is Cc1ccc(-c2cc(C3c4cccc(N)c4CCN3CC(C)(C)F)ccc2C)nc1. The lowest BCUT2D eigenvalue weighted by atomic mass is 9.85. The molecule has 156 valence electrons. The number of pyridine rings is 1. The summed E-state index contributed by atoms with van der Waals surface area (Å²) in [7, 11) is 0. The average molecular weight is 404 g/mol. The first-order valence-corrected chi connectivity index (χ1v) is 10.6. The van der Waals surface area contributed by atoms with Gasteiger partial charge in [-0.3, -0.25) is 9.88 Å². The van der Waals surface area contributed by atoms with E-state index in [0.717, 1.165) is 41.0 Å². The molecule has 3 nitrogen and oxygen atoms in total. The third-order valence-corrected chi connectivity index (χ3v) is 5.90. The molecule has 2 N–H and O–H groups in total. The van der Waals surface area contributed by atoms with Crippen LogP contribution in [0.2, 0.25) is 0 Å². The second-order valence-corrected chi connectivity index (χ2v) is 9.05. The molecule has 0 amide bonds. The molecule has 4 heteroatoms. The highest BCUT2D eigenvalue weighted by Gasteiger charge is 2.33. The minimum Gasteiger partial charge on any atom is -0.398 e. The van der Waals surface area contributed by atoms with Gasteiger partial charge in [0.1, 0.15) is 5.67 Å². The summed E-state index contributed by atoms with van der Waals surface area (Å²) < 4.78 is 14.7. The van der Waals surface area contributed by atoms with Gasteiger partial charge in [-0.05, 0) is 80.1 Å². The predicted octanol–water partition coefficient (Wildman–Crippen LogP) is 5.64. The molecule has 0 saturated carbocycles. The Morgan fingerprint density at radius 3 is 2.63 bits per heavy atom. The van der Waals surface area contributed by atoms with Crippen molar-refractivity contribution >= 4 is 5.69 Å². The number of aryl methyl sites for hydroxylation is 2. The maximum absolute atomic E-state index is 14.7. The van der Waals surface area contributed by atoms with Crippen molar-refractivity contribution in [1.29, 1.82) is 0 Å². The Hall–Kier alpha value is -2.72. The van der Waals surface area contributed by atoms with Gasteiger partial charge in [-0.25, -0.2) is 4.39 Å². The number of halogens is 1. The molecule has 1 aliphatic rings. The summed E-state index contributed by atoms with van der Waals surface area (Å²) in [6.45, 7) is 8.60. The van der Waals surface area contributed by atoms with E-state index in [1.165, 1.54) is 16.7 Å². The van der Waals surface area contributed by atoms with Crippen molar-refractivity contribution in [1.82, 2.24) is 9.88 Å². The lowest BCUT2D eigenvalue weighted by Gasteiger charge is -2.40. The quantitative estimate of drug-likeness (QED) is 0.573. The number of rotatable bonds is 4. The molecule has 3 aromatic rings. The van der Waals surface area contributed by atoms with Gasteiger partial charge in [0.2, 0.25) is 0 Å². The molecule has 1 atom stereocenters. The van der Waals surface area contributed by atoms with Crippen LogP contribution in [0.5, 0.6) is 0 Å².